The molecule has 2 amide bonds. The van der Waals surface area contributed by atoms with E-state index in [1.165, 1.54) is 0 Å². The summed E-state index contributed by atoms with van der Waals surface area (Å²) in [7, 11) is 0. The van der Waals surface area contributed by atoms with Crippen LogP contribution in [0, 0.1) is 13.8 Å². The number of carbonyl (C=O) groups is 2. The highest BCUT2D eigenvalue weighted by Crippen LogP contribution is 2.31. The van der Waals surface area contributed by atoms with Crippen molar-refractivity contribution in [2.45, 2.75) is 58.9 Å². The summed E-state index contributed by atoms with van der Waals surface area (Å²) in [6.07, 6.45) is 0.970. The van der Waals surface area contributed by atoms with Crippen LogP contribution in [0.2, 0.25) is 0 Å². The Morgan fingerprint density at radius 2 is 1.89 bits per heavy atom. The molecule has 1 unspecified atom stereocenters. The lowest BCUT2D eigenvalue weighted by atomic mass is 9.89. The van der Waals surface area contributed by atoms with Crippen molar-refractivity contribution in [3.05, 3.63) is 17.0 Å². The standard InChI is InChI=1S/C14H21N3O2/c1-8-12(9(2)17(16-8)14(3,4)5)10-6-7-11(18)15-13(10)19/h10H,6-7H2,1-5H3,(H,15,18,19). The Kier molecular flexibility index (Phi) is 3.24. The van der Waals surface area contributed by atoms with E-state index in [4.69, 9.17) is 0 Å². The molecule has 0 radical (unpaired) electrons. The quantitative estimate of drug-likeness (QED) is 0.785. The molecule has 2 rings (SSSR count). The van der Waals surface area contributed by atoms with Gasteiger partial charge in [0.15, 0.2) is 0 Å². The predicted octanol–water partition coefficient (Wildman–Crippen LogP) is 1.78. The lowest BCUT2D eigenvalue weighted by Crippen LogP contribution is -2.39. The zero-order valence-corrected chi connectivity index (χ0v) is 12.2. The van der Waals surface area contributed by atoms with Crippen molar-refractivity contribution in [2.75, 3.05) is 0 Å². The summed E-state index contributed by atoms with van der Waals surface area (Å²) < 4.78 is 1.96. The average molecular weight is 263 g/mol. The minimum atomic E-state index is -0.256. The molecule has 5 heteroatoms. The van der Waals surface area contributed by atoms with Crippen molar-refractivity contribution in [1.82, 2.24) is 15.1 Å². The zero-order valence-electron chi connectivity index (χ0n) is 12.2. The van der Waals surface area contributed by atoms with Gasteiger partial charge < -0.3 is 0 Å². The molecule has 1 aromatic heterocycles. The first kappa shape index (κ1) is 13.8. The third-order valence-corrected chi connectivity index (χ3v) is 3.57. The first-order chi connectivity index (χ1) is 8.71. The van der Waals surface area contributed by atoms with Crippen molar-refractivity contribution in [2.24, 2.45) is 0 Å². The number of amides is 2. The van der Waals surface area contributed by atoms with Crippen LogP contribution >= 0.6 is 0 Å². The summed E-state index contributed by atoms with van der Waals surface area (Å²) in [5.74, 6) is -0.635. The van der Waals surface area contributed by atoms with Crippen LogP contribution in [0.1, 0.15) is 56.5 Å². The fourth-order valence-electron chi connectivity index (χ4n) is 2.78. The van der Waals surface area contributed by atoms with E-state index in [1.54, 1.807) is 0 Å². The average Bonchev–Trinajstić information content (AvgIpc) is 2.55. The number of nitrogens with one attached hydrogen (secondary N) is 1. The van der Waals surface area contributed by atoms with E-state index in [-0.39, 0.29) is 23.3 Å². The molecule has 0 aliphatic carbocycles. The van der Waals surface area contributed by atoms with E-state index in [0.717, 1.165) is 17.0 Å². The summed E-state index contributed by atoms with van der Waals surface area (Å²) in [6, 6.07) is 0. The van der Waals surface area contributed by atoms with Crippen LogP contribution in [0.3, 0.4) is 0 Å². The lowest BCUT2D eigenvalue weighted by molar-refractivity contribution is -0.134. The molecule has 1 fully saturated rings. The van der Waals surface area contributed by atoms with E-state index in [9.17, 15) is 9.59 Å². The third-order valence-electron chi connectivity index (χ3n) is 3.57. The predicted molar refractivity (Wildman–Crippen MR) is 71.8 cm³/mol. The Balaban J connectivity index is 2.43. The van der Waals surface area contributed by atoms with Crippen molar-refractivity contribution < 1.29 is 9.59 Å². The van der Waals surface area contributed by atoms with Gasteiger partial charge in [0, 0.05) is 17.7 Å². The number of nitrogens with zero attached hydrogens (tertiary/aromatic N) is 2. The van der Waals surface area contributed by atoms with Gasteiger partial charge >= 0.3 is 0 Å². The molecular weight excluding hydrogens is 242 g/mol. The van der Waals surface area contributed by atoms with Crippen molar-refractivity contribution in [1.29, 1.82) is 0 Å². The van der Waals surface area contributed by atoms with Gasteiger partial charge in [-0.15, -0.1) is 0 Å². The number of imide groups is 1. The highest BCUT2D eigenvalue weighted by Gasteiger charge is 2.33. The van der Waals surface area contributed by atoms with Crippen LogP contribution in [-0.2, 0) is 15.1 Å². The molecule has 2 heterocycles. The summed E-state index contributed by atoms with van der Waals surface area (Å²) in [5, 5.41) is 6.98. The molecule has 0 saturated carbocycles. The van der Waals surface area contributed by atoms with Gasteiger partial charge in [0.05, 0.1) is 17.2 Å². The molecule has 5 nitrogen and oxygen atoms in total. The van der Waals surface area contributed by atoms with Crippen molar-refractivity contribution in [3.8, 4) is 0 Å². The van der Waals surface area contributed by atoms with E-state index in [0.29, 0.717) is 12.8 Å². The van der Waals surface area contributed by atoms with Gasteiger partial charge in [0.25, 0.3) is 0 Å². The number of aryl methyl sites for hydroxylation is 1. The molecule has 19 heavy (non-hydrogen) atoms. The van der Waals surface area contributed by atoms with Crippen molar-refractivity contribution >= 4 is 11.8 Å². The summed E-state index contributed by atoms with van der Waals surface area (Å²) in [6.45, 7) is 10.2. The van der Waals surface area contributed by atoms with Gasteiger partial charge in [0.2, 0.25) is 11.8 Å². The molecule has 1 aromatic rings. The number of carbonyl (C=O) groups excluding carboxylic acids is 2. The molecule has 0 aromatic carbocycles. The smallest absolute Gasteiger partial charge is 0.234 e. The SMILES string of the molecule is Cc1nn(C(C)(C)C)c(C)c1C1CCC(=O)NC1=O. The summed E-state index contributed by atoms with van der Waals surface area (Å²) in [5.41, 5.74) is 2.75. The third kappa shape index (κ3) is 2.41. The van der Waals surface area contributed by atoms with Gasteiger partial charge in [-0.25, -0.2) is 0 Å². The highest BCUT2D eigenvalue weighted by molar-refractivity contribution is 6.01. The lowest BCUT2D eigenvalue weighted by Gasteiger charge is -2.24. The molecule has 1 aliphatic heterocycles. The molecule has 1 N–H and O–H groups in total. The maximum absolute atomic E-state index is 12.0. The molecule has 0 bridgehead atoms. The second-order valence-electron chi connectivity index (χ2n) is 6.17. The molecule has 1 aliphatic rings. The summed E-state index contributed by atoms with van der Waals surface area (Å²) in [4.78, 5) is 23.2. The van der Waals surface area contributed by atoms with E-state index in [1.807, 2.05) is 18.5 Å². The Morgan fingerprint density at radius 1 is 1.26 bits per heavy atom. The Hall–Kier alpha value is -1.65. The van der Waals surface area contributed by atoms with E-state index >= 15 is 0 Å². The fourth-order valence-corrected chi connectivity index (χ4v) is 2.78. The maximum atomic E-state index is 12.0. The number of rotatable bonds is 1. The van der Waals surface area contributed by atoms with Crippen LogP contribution in [0.25, 0.3) is 0 Å². The number of hydrogen-bond acceptors (Lipinski definition) is 3. The second-order valence-corrected chi connectivity index (χ2v) is 6.17. The minimum absolute atomic E-state index is 0.117. The van der Waals surface area contributed by atoms with Gasteiger partial charge in [0.1, 0.15) is 0 Å². The van der Waals surface area contributed by atoms with Gasteiger partial charge in [-0.2, -0.15) is 5.10 Å². The van der Waals surface area contributed by atoms with Crippen LogP contribution in [0.4, 0.5) is 0 Å². The zero-order chi connectivity index (χ0) is 14.4. The largest absolute Gasteiger partial charge is 0.296 e. The Morgan fingerprint density at radius 3 is 2.37 bits per heavy atom. The normalized spacial score (nSPS) is 20.6. The molecule has 104 valence electrons. The Bertz CT molecular complexity index is 538. The van der Waals surface area contributed by atoms with E-state index < -0.39 is 0 Å². The number of hydrogen-bond donors (Lipinski definition) is 1. The molecule has 0 spiro atoms. The molecular formula is C14H21N3O2. The molecule has 1 atom stereocenters. The Labute approximate surface area is 113 Å². The fraction of sp³-hybridized carbons (Fsp3) is 0.643. The minimum Gasteiger partial charge on any atom is -0.296 e. The first-order valence-corrected chi connectivity index (χ1v) is 6.62. The summed E-state index contributed by atoms with van der Waals surface area (Å²) >= 11 is 0. The monoisotopic (exact) mass is 263 g/mol. The van der Waals surface area contributed by atoms with Gasteiger partial charge in [-0.3, -0.25) is 19.6 Å². The topological polar surface area (TPSA) is 64.0 Å². The second kappa shape index (κ2) is 4.47. The number of piperidine rings is 1. The van der Waals surface area contributed by atoms with Crippen LogP contribution in [0.5, 0.6) is 0 Å². The first-order valence-electron chi connectivity index (χ1n) is 6.62. The van der Waals surface area contributed by atoms with Crippen molar-refractivity contribution in [3.63, 3.8) is 0 Å². The van der Waals surface area contributed by atoms with Gasteiger partial charge in [-0.1, -0.05) is 0 Å². The highest BCUT2D eigenvalue weighted by atomic mass is 16.2. The molecule has 1 saturated heterocycles. The van der Waals surface area contributed by atoms with Crippen LogP contribution < -0.4 is 5.32 Å². The van der Waals surface area contributed by atoms with Crippen LogP contribution in [0.15, 0.2) is 0 Å². The number of aromatic nitrogens is 2. The van der Waals surface area contributed by atoms with Gasteiger partial charge in [-0.05, 0) is 41.0 Å². The van der Waals surface area contributed by atoms with Crippen LogP contribution in [-0.4, -0.2) is 21.6 Å². The van der Waals surface area contributed by atoms with E-state index in [2.05, 4.69) is 31.2 Å². The maximum Gasteiger partial charge on any atom is 0.234 e.